The molecule has 1 N–H and O–H groups in total. The summed E-state index contributed by atoms with van der Waals surface area (Å²) in [6, 6.07) is 6.16. The van der Waals surface area contributed by atoms with Crippen LogP contribution in [-0.2, 0) is 4.79 Å². The Hall–Kier alpha value is -1.75. The SMILES string of the molecule is CNC1COc2cc(OCCCC(=O)N(C)C)ccc21. The van der Waals surface area contributed by atoms with Gasteiger partial charge in [-0.3, -0.25) is 4.79 Å². The van der Waals surface area contributed by atoms with Crippen LogP contribution in [0, 0.1) is 0 Å². The highest BCUT2D eigenvalue weighted by atomic mass is 16.5. The summed E-state index contributed by atoms with van der Waals surface area (Å²) >= 11 is 0. The summed E-state index contributed by atoms with van der Waals surface area (Å²) in [6.07, 6.45) is 1.23. The van der Waals surface area contributed by atoms with Gasteiger partial charge in [-0.2, -0.15) is 0 Å². The van der Waals surface area contributed by atoms with Crippen LogP contribution in [0.4, 0.5) is 0 Å². The maximum Gasteiger partial charge on any atom is 0.222 e. The van der Waals surface area contributed by atoms with Crippen molar-refractivity contribution in [3.8, 4) is 11.5 Å². The number of nitrogens with one attached hydrogen (secondary N) is 1. The number of likely N-dealkylation sites (N-methyl/N-ethyl adjacent to an activating group) is 1. The Morgan fingerprint density at radius 3 is 3.00 bits per heavy atom. The van der Waals surface area contributed by atoms with E-state index in [1.807, 2.05) is 25.2 Å². The Morgan fingerprint density at radius 2 is 2.30 bits per heavy atom. The number of nitrogens with zero attached hydrogens (tertiary/aromatic N) is 1. The zero-order valence-corrected chi connectivity index (χ0v) is 12.3. The Kier molecular flexibility index (Phi) is 4.84. The highest BCUT2D eigenvalue weighted by Crippen LogP contribution is 2.34. The molecular formula is C15H22N2O3. The zero-order chi connectivity index (χ0) is 14.5. The third-order valence-corrected chi connectivity index (χ3v) is 3.42. The molecule has 1 aliphatic heterocycles. The van der Waals surface area contributed by atoms with Crippen molar-refractivity contribution >= 4 is 5.91 Å². The van der Waals surface area contributed by atoms with Gasteiger partial charge in [0, 0.05) is 32.1 Å². The van der Waals surface area contributed by atoms with Gasteiger partial charge in [-0.1, -0.05) is 0 Å². The number of amides is 1. The fraction of sp³-hybridized carbons (Fsp3) is 0.533. The van der Waals surface area contributed by atoms with E-state index < -0.39 is 0 Å². The topological polar surface area (TPSA) is 50.8 Å². The van der Waals surface area contributed by atoms with Gasteiger partial charge in [0.05, 0.1) is 12.6 Å². The van der Waals surface area contributed by atoms with Crippen molar-refractivity contribution < 1.29 is 14.3 Å². The normalized spacial score (nSPS) is 16.4. The minimum absolute atomic E-state index is 0.128. The van der Waals surface area contributed by atoms with Crippen molar-refractivity contribution in [3.63, 3.8) is 0 Å². The Balaban J connectivity index is 1.82. The molecule has 1 heterocycles. The van der Waals surface area contributed by atoms with Crippen LogP contribution < -0.4 is 14.8 Å². The number of rotatable bonds is 6. The number of hydrogen-bond acceptors (Lipinski definition) is 4. The molecule has 110 valence electrons. The fourth-order valence-electron chi connectivity index (χ4n) is 2.16. The van der Waals surface area contributed by atoms with E-state index >= 15 is 0 Å². The van der Waals surface area contributed by atoms with E-state index in [0.717, 1.165) is 11.5 Å². The minimum Gasteiger partial charge on any atom is -0.493 e. The lowest BCUT2D eigenvalue weighted by atomic mass is 10.1. The number of fused-ring (bicyclic) bond motifs is 1. The van der Waals surface area contributed by atoms with Crippen LogP contribution >= 0.6 is 0 Å². The first-order chi connectivity index (χ1) is 9.61. The largest absolute Gasteiger partial charge is 0.493 e. The van der Waals surface area contributed by atoms with Crippen molar-refractivity contribution in [2.75, 3.05) is 34.4 Å². The van der Waals surface area contributed by atoms with Crippen LogP contribution in [0.1, 0.15) is 24.4 Å². The van der Waals surface area contributed by atoms with E-state index in [0.29, 0.717) is 26.1 Å². The summed E-state index contributed by atoms with van der Waals surface area (Å²) in [5.74, 6) is 1.80. The van der Waals surface area contributed by atoms with Crippen LogP contribution in [0.25, 0.3) is 0 Å². The van der Waals surface area contributed by atoms with Crippen LogP contribution in [0.2, 0.25) is 0 Å². The van der Waals surface area contributed by atoms with Crippen LogP contribution in [0.3, 0.4) is 0 Å². The number of carbonyl (C=O) groups is 1. The molecular weight excluding hydrogens is 256 g/mol. The molecule has 1 aliphatic rings. The molecule has 0 bridgehead atoms. The van der Waals surface area contributed by atoms with Gasteiger partial charge < -0.3 is 19.7 Å². The number of ether oxygens (including phenoxy) is 2. The number of benzene rings is 1. The smallest absolute Gasteiger partial charge is 0.222 e. The summed E-state index contributed by atoms with van der Waals surface area (Å²) in [6.45, 7) is 1.19. The average Bonchev–Trinajstić information content (AvgIpc) is 2.85. The number of hydrogen-bond donors (Lipinski definition) is 1. The molecule has 0 radical (unpaired) electrons. The first-order valence-corrected chi connectivity index (χ1v) is 6.88. The quantitative estimate of drug-likeness (QED) is 0.803. The van der Waals surface area contributed by atoms with Crippen molar-refractivity contribution in [3.05, 3.63) is 23.8 Å². The fourth-order valence-corrected chi connectivity index (χ4v) is 2.16. The second-order valence-electron chi connectivity index (χ2n) is 5.09. The zero-order valence-electron chi connectivity index (χ0n) is 12.3. The molecule has 1 aromatic carbocycles. The lowest BCUT2D eigenvalue weighted by Gasteiger charge is -2.11. The van der Waals surface area contributed by atoms with Crippen molar-refractivity contribution in [1.29, 1.82) is 0 Å². The Morgan fingerprint density at radius 1 is 1.50 bits per heavy atom. The summed E-state index contributed by atoms with van der Waals surface area (Å²) in [5, 5.41) is 3.21. The highest BCUT2D eigenvalue weighted by Gasteiger charge is 2.22. The predicted octanol–water partition coefficient (Wildman–Crippen LogP) is 1.59. The molecule has 0 spiro atoms. The molecule has 1 atom stereocenters. The van der Waals surface area contributed by atoms with E-state index in [-0.39, 0.29) is 11.9 Å². The number of carbonyl (C=O) groups excluding carboxylic acids is 1. The molecule has 5 heteroatoms. The monoisotopic (exact) mass is 278 g/mol. The lowest BCUT2D eigenvalue weighted by molar-refractivity contribution is -0.128. The first kappa shape index (κ1) is 14.7. The third-order valence-electron chi connectivity index (χ3n) is 3.42. The van der Waals surface area contributed by atoms with Gasteiger partial charge in [-0.25, -0.2) is 0 Å². The standard InChI is InChI=1S/C15H22N2O3/c1-16-13-10-20-14-9-11(6-7-12(13)14)19-8-4-5-15(18)17(2)3/h6-7,9,13,16H,4-5,8,10H2,1-3H3. The summed E-state index contributed by atoms with van der Waals surface area (Å²) < 4.78 is 11.3. The predicted molar refractivity (Wildman–Crippen MR) is 77.2 cm³/mol. The molecule has 0 saturated heterocycles. The summed E-state index contributed by atoms with van der Waals surface area (Å²) in [7, 11) is 5.45. The van der Waals surface area contributed by atoms with Gasteiger partial charge in [0.2, 0.25) is 5.91 Å². The first-order valence-electron chi connectivity index (χ1n) is 6.88. The summed E-state index contributed by atoms with van der Waals surface area (Å²) in [4.78, 5) is 13.0. The van der Waals surface area contributed by atoms with Gasteiger partial charge in [0.25, 0.3) is 0 Å². The molecule has 0 saturated carbocycles. The van der Waals surface area contributed by atoms with Crippen molar-refractivity contribution in [2.45, 2.75) is 18.9 Å². The molecule has 1 unspecified atom stereocenters. The molecule has 2 rings (SSSR count). The van der Waals surface area contributed by atoms with Gasteiger partial charge in [0.1, 0.15) is 18.1 Å². The molecule has 20 heavy (non-hydrogen) atoms. The second kappa shape index (κ2) is 6.61. The van der Waals surface area contributed by atoms with E-state index in [1.54, 1.807) is 19.0 Å². The molecule has 0 aromatic heterocycles. The van der Waals surface area contributed by atoms with Gasteiger partial charge in [-0.15, -0.1) is 0 Å². The van der Waals surface area contributed by atoms with Gasteiger partial charge in [-0.05, 0) is 25.6 Å². The van der Waals surface area contributed by atoms with Gasteiger partial charge >= 0.3 is 0 Å². The van der Waals surface area contributed by atoms with Crippen molar-refractivity contribution in [1.82, 2.24) is 10.2 Å². The summed E-state index contributed by atoms with van der Waals surface area (Å²) in [5.41, 5.74) is 1.17. The van der Waals surface area contributed by atoms with E-state index in [9.17, 15) is 4.79 Å². The van der Waals surface area contributed by atoms with Crippen LogP contribution in [0.5, 0.6) is 11.5 Å². The van der Waals surface area contributed by atoms with E-state index in [2.05, 4.69) is 5.32 Å². The third kappa shape index (κ3) is 3.42. The van der Waals surface area contributed by atoms with Crippen molar-refractivity contribution in [2.24, 2.45) is 0 Å². The average molecular weight is 278 g/mol. The van der Waals surface area contributed by atoms with E-state index in [1.165, 1.54) is 5.56 Å². The van der Waals surface area contributed by atoms with Crippen LogP contribution in [0.15, 0.2) is 18.2 Å². The molecule has 1 amide bonds. The molecule has 0 fully saturated rings. The highest BCUT2D eigenvalue weighted by molar-refractivity contribution is 5.75. The second-order valence-corrected chi connectivity index (χ2v) is 5.09. The van der Waals surface area contributed by atoms with Crippen LogP contribution in [-0.4, -0.2) is 45.2 Å². The maximum absolute atomic E-state index is 11.4. The van der Waals surface area contributed by atoms with E-state index in [4.69, 9.17) is 9.47 Å². The van der Waals surface area contributed by atoms with Gasteiger partial charge in [0.15, 0.2) is 0 Å². The Labute approximate surface area is 119 Å². The maximum atomic E-state index is 11.4. The molecule has 5 nitrogen and oxygen atoms in total. The molecule has 1 aromatic rings. The minimum atomic E-state index is 0.128. The lowest BCUT2D eigenvalue weighted by Crippen LogP contribution is -2.21. The Bertz CT molecular complexity index is 474. The molecule has 0 aliphatic carbocycles.